The predicted molar refractivity (Wildman–Crippen MR) is 130 cm³/mol. The molecule has 4 atom stereocenters. The number of aliphatic carboxylic acids is 1. The summed E-state index contributed by atoms with van der Waals surface area (Å²) in [5.41, 5.74) is 16.0. The Morgan fingerprint density at radius 2 is 1.21 bits per heavy atom. The topological polar surface area (TPSA) is 237 Å². The van der Waals surface area contributed by atoms with Crippen molar-refractivity contribution in [3.63, 3.8) is 0 Å². The number of primary amides is 2. The second kappa shape index (κ2) is 17.0. The molecule has 0 spiro atoms. The molecule has 0 heterocycles. The molecule has 0 fully saturated rings. The van der Waals surface area contributed by atoms with Crippen LogP contribution in [0, 0.1) is 0 Å². The third kappa shape index (κ3) is 13.3. The maximum atomic E-state index is 12.9. The molecule has 4 unspecified atom stereocenters. The average molecular weight is 523 g/mol. The van der Waals surface area contributed by atoms with Crippen LogP contribution >= 0.6 is 23.5 Å². The van der Waals surface area contributed by atoms with Crippen LogP contribution in [0.15, 0.2) is 0 Å². The molecule has 0 aliphatic rings. The first kappa shape index (κ1) is 31.5. The van der Waals surface area contributed by atoms with Gasteiger partial charge >= 0.3 is 5.97 Å². The third-order valence-electron chi connectivity index (χ3n) is 4.55. The molecular weight excluding hydrogens is 488 g/mol. The quantitative estimate of drug-likeness (QED) is 0.0998. The Labute approximate surface area is 206 Å². The minimum absolute atomic E-state index is 0.0165. The van der Waals surface area contributed by atoms with Gasteiger partial charge < -0.3 is 38.3 Å². The number of nitrogens with two attached hydrogens (primary N) is 3. The summed E-state index contributed by atoms with van der Waals surface area (Å²) in [4.78, 5) is 71.7. The van der Waals surface area contributed by atoms with Gasteiger partial charge in [0.1, 0.15) is 18.1 Å². The van der Waals surface area contributed by atoms with Gasteiger partial charge in [0.15, 0.2) is 0 Å². The van der Waals surface area contributed by atoms with Gasteiger partial charge in [0.05, 0.1) is 12.5 Å². The van der Waals surface area contributed by atoms with Gasteiger partial charge in [-0.25, -0.2) is 4.79 Å². The summed E-state index contributed by atoms with van der Waals surface area (Å²) in [5.74, 6) is -4.22. The first-order valence-electron chi connectivity index (χ1n) is 10.4. The van der Waals surface area contributed by atoms with Crippen LogP contribution in [0.3, 0.4) is 0 Å². The largest absolute Gasteiger partial charge is 0.480 e. The number of amides is 5. The number of nitrogens with one attached hydrogen (secondary N) is 3. The lowest BCUT2D eigenvalue weighted by atomic mass is 10.1. The Morgan fingerprint density at radius 1 is 0.735 bits per heavy atom. The maximum Gasteiger partial charge on any atom is 0.326 e. The van der Waals surface area contributed by atoms with Crippen LogP contribution < -0.4 is 33.2 Å². The van der Waals surface area contributed by atoms with Crippen LogP contribution in [0.1, 0.15) is 32.1 Å². The average Bonchev–Trinajstić information content (AvgIpc) is 2.76. The summed E-state index contributed by atoms with van der Waals surface area (Å²) in [6.07, 6.45) is 3.18. The van der Waals surface area contributed by atoms with E-state index in [1.54, 1.807) is 12.5 Å². The minimum Gasteiger partial charge on any atom is -0.480 e. The van der Waals surface area contributed by atoms with E-state index in [2.05, 4.69) is 16.0 Å². The predicted octanol–water partition coefficient (Wildman–Crippen LogP) is -2.50. The lowest BCUT2D eigenvalue weighted by molar-refractivity contribution is -0.142. The third-order valence-corrected chi connectivity index (χ3v) is 5.83. The van der Waals surface area contributed by atoms with Crippen LogP contribution in [0.2, 0.25) is 0 Å². The van der Waals surface area contributed by atoms with Gasteiger partial charge in [-0.1, -0.05) is 0 Å². The van der Waals surface area contributed by atoms with E-state index in [1.807, 2.05) is 0 Å². The standard InChI is InChI=1S/C19H34N6O7S2/c1-33-7-5-11(23-16(28)10(20)3-4-14(21)26)17(29)25-13(9-15(22)27)18(30)24-12(19(31)32)6-8-34-2/h10-13H,3-9,20H2,1-2H3,(H2,21,26)(H2,22,27)(H,23,28)(H,24,30)(H,25,29)(H,31,32). The number of hydrogen-bond donors (Lipinski definition) is 7. The summed E-state index contributed by atoms with van der Waals surface area (Å²) in [6.45, 7) is 0. The zero-order valence-corrected chi connectivity index (χ0v) is 20.8. The van der Waals surface area contributed by atoms with Gasteiger partial charge in [0, 0.05) is 6.42 Å². The van der Waals surface area contributed by atoms with Crippen molar-refractivity contribution in [2.24, 2.45) is 17.2 Å². The Kier molecular flexibility index (Phi) is 15.7. The Bertz CT molecular complexity index is 740. The maximum absolute atomic E-state index is 12.9. The highest BCUT2D eigenvalue weighted by molar-refractivity contribution is 7.98. The first-order chi connectivity index (χ1) is 15.9. The van der Waals surface area contributed by atoms with E-state index in [4.69, 9.17) is 17.2 Å². The highest BCUT2D eigenvalue weighted by Crippen LogP contribution is 2.06. The Morgan fingerprint density at radius 3 is 1.68 bits per heavy atom. The molecule has 194 valence electrons. The summed E-state index contributed by atoms with van der Waals surface area (Å²) < 4.78 is 0. The molecule has 0 aromatic heterocycles. The van der Waals surface area contributed by atoms with E-state index in [-0.39, 0.29) is 25.7 Å². The highest BCUT2D eigenvalue weighted by atomic mass is 32.2. The molecule has 0 bridgehead atoms. The van der Waals surface area contributed by atoms with Crippen LogP contribution in [0.5, 0.6) is 0 Å². The Hall–Kier alpha value is -2.52. The number of carbonyl (C=O) groups excluding carboxylic acids is 5. The molecule has 0 saturated carbocycles. The van der Waals surface area contributed by atoms with Crippen molar-refractivity contribution in [2.45, 2.75) is 56.3 Å². The van der Waals surface area contributed by atoms with Gasteiger partial charge in [-0.3, -0.25) is 24.0 Å². The van der Waals surface area contributed by atoms with Crippen molar-refractivity contribution in [2.75, 3.05) is 24.0 Å². The number of thioether (sulfide) groups is 2. The molecule has 0 rings (SSSR count). The molecule has 0 aromatic carbocycles. The SMILES string of the molecule is CSCCC(NC(=O)C(CC(N)=O)NC(=O)C(CCSC)NC(=O)C(N)CCC(N)=O)C(=O)O. The summed E-state index contributed by atoms with van der Waals surface area (Å²) >= 11 is 2.80. The number of carboxylic acid groups (broad SMARTS) is 1. The summed E-state index contributed by atoms with van der Waals surface area (Å²) in [6, 6.07) is -4.86. The van der Waals surface area contributed by atoms with Crippen molar-refractivity contribution in [3.05, 3.63) is 0 Å². The van der Waals surface area contributed by atoms with Crippen molar-refractivity contribution >= 4 is 59.0 Å². The molecule has 0 radical (unpaired) electrons. The summed E-state index contributed by atoms with van der Waals surface area (Å²) in [7, 11) is 0. The van der Waals surface area contributed by atoms with Crippen LogP contribution in [0.25, 0.3) is 0 Å². The molecule has 0 aliphatic carbocycles. The van der Waals surface area contributed by atoms with E-state index in [1.165, 1.54) is 23.5 Å². The molecular formula is C19H34N6O7S2. The van der Waals surface area contributed by atoms with E-state index in [0.717, 1.165) is 0 Å². The minimum atomic E-state index is -1.45. The highest BCUT2D eigenvalue weighted by Gasteiger charge is 2.31. The normalized spacial score (nSPS) is 14.2. The van der Waals surface area contributed by atoms with E-state index in [9.17, 15) is 33.9 Å². The second-order valence-electron chi connectivity index (χ2n) is 7.37. The number of carboxylic acids is 1. The lowest BCUT2D eigenvalue weighted by Crippen LogP contribution is -2.58. The van der Waals surface area contributed by atoms with E-state index < -0.39 is 66.1 Å². The van der Waals surface area contributed by atoms with E-state index >= 15 is 0 Å². The zero-order valence-electron chi connectivity index (χ0n) is 19.2. The van der Waals surface area contributed by atoms with Crippen LogP contribution in [0.4, 0.5) is 0 Å². The van der Waals surface area contributed by atoms with Crippen LogP contribution in [-0.4, -0.2) is 88.8 Å². The molecule has 13 nitrogen and oxygen atoms in total. The number of carbonyl (C=O) groups is 6. The summed E-state index contributed by atoms with van der Waals surface area (Å²) in [5, 5.41) is 16.5. The Balaban J connectivity index is 5.42. The fraction of sp³-hybridized carbons (Fsp3) is 0.684. The first-order valence-corrected chi connectivity index (χ1v) is 13.2. The van der Waals surface area contributed by atoms with Gasteiger partial charge in [0.2, 0.25) is 29.5 Å². The number of hydrogen-bond acceptors (Lipinski definition) is 9. The second-order valence-corrected chi connectivity index (χ2v) is 9.34. The lowest BCUT2D eigenvalue weighted by Gasteiger charge is -2.24. The molecule has 0 aliphatic heterocycles. The zero-order chi connectivity index (χ0) is 26.3. The monoisotopic (exact) mass is 522 g/mol. The molecule has 0 saturated heterocycles. The molecule has 15 heteroatoms. The van der Waals surface area contributed by atoms with E-state index in [0.29, 0.717) is 11.5 Å². The molecule has 0 aromatic rings. The van der Waals surface area contributed by atoms with Gasteiger partial charge in [0.25, 0.3) is 0 Å². The molecule has 5 amide bonds. The van der Waals surface area contributed by atoms with Gasteiger partial charge in [-0.05, 0) is 43.3 Å². The van der Waals surface area contributed by atoms with Crippen molar-refractivity contribution in [1.29, 1.82) is 0 Å². The molecule has 34 heavy (non-hydrogen) atoms. The smallest absolute Gasteiger partial charge is 0.326 e. The van der Waals surface area contributed by atoms with Crippen molar-refractivity contribution < 1.29 is 33.9 Å². The van der Waals surface area contributed by atoms with Gasteiger partial charge in [-0.15, -0.1) is 0 Å². The fourth-order valence-electron chi connectivity index (χ4n) is 2.66. The van der Waals surface area contributed by atoms with Gasteiger partial charge in [-0.2, -0.15) is 23.5 Å². The fourth-order valence-corrected chi connectivity index (χ4v) is 3.60. The van der Waals surface area contributed by atoms with Crippen LogP contribution in [-0.2, 0) is 28.8 Å². The number of rotatable bonds is 18. The molecule has 10 N–H and O–H groups in total. The van der Waals surface area contributed by atoms with Crippen molar-refractivity contribution in [3.8, 4) is 0 Å². The van der Waals surface area contributed by atoms with Crippen molar-refractivity contribution in [1.82, 2.24) is 16.0 Å².